The summed E-state index contributed by atoms with van der Waals surface area (Å²) in [5.74, 6) is -0.465. The summed E-state index contributed by atoms with van der Waals surface area (Å²) < 4.78 is 69.1. The van der Waals surface area contributed by atoms with Crippen molar-refractivity contribution in [1.29, 1.82) is 0 Å². The van der Waals surface area contributed by atoms with Crippen LogP contribution in [0.4, 0.5) is 0 Å². The second kappa shape index (κ2) is 83.1. The van der Waals surface area contributed by atoms with Gasteiger partial charge in [-0.25, -0.2) is 9.13 Å². The van der Waals surface area contributed by atoms with Crippen molar-refractivity contribution in [3.8, 4) is 0 Å². The van der Waals surface area contributed by atoms with Crippen LogP contribution in [0.5, 0.6) is 0 Å². The Balaban J connectivity index is 5.23. The molecule has 0 radical (unpaired) electrons. The first kappa shape index (κ1) is 109. The van der Waals surface area contributed by atoms with Gasteiger partial charge in [-0.1, -0.05) is 446 Å². The van der Waals surface area contributed by atoms with E-state index in [-0.39, 0.29) is 25.7 Å². The summed E-state index contributed by atoms with van der Waals surface area (Å²) in [7, 11) is -9.94. The van der Waals surface area contributed by atoms with Crippen LogP contribution in [0.3, 0.4) is 0 Å². The molecule has 6 atom stereocenters. The molecule has 0 rings (SSSR count). The lowest BCUT2D eigenvalue weighted by molar-refractivity contribution is -0.161. The van der Waals surface area contributed by atoms with Gasteiger partial charge in [0, 0.05) is 25.7 Å². The van der Waals surface area contributed by atoms with Crippen molar-refractivity contribution in [3.05, 3.63) is 0 Å². The van der Waals surface area contributed by atoms with E-state index in [0.29, 0.717) is 25.7 Å². The molecule has 0 bridgehead atoms. The summed E-state index contributed by atoms with van der Waals surface area (Å²) in [6.07, 6.45) is 77.9. The molecule has 0 aliphatic rings. The maximum Gasteiger partial charge on any atom is 0.472 e. The zero-order chi connectivity index (χ0) is 81.3. The Hall–Kier alpha value is -1.94. The lowest BCUT2D eigenvalue weighted by atomic mass is 9.99. The molecule has 0 aromatic carbocycles. The van der Waals surface area contributed by atoms with Gasteiger partial charge < -0.3 is 33.8 Å². The molecule has 3 N–H and O–H groups in total. The van der Waals surface area contributed by atoms with Gasteiger partial charge in [-0.05, 0) is 37.5 Å². The third-order valence-electron chi connectivity index (χ3n) is 22.1. The highest BCUT2D eigenvalue weighted by atomic mass is 31.2. The standard InChI is InChI=1S/C92H180O17P2/c1-7-10-12-14-16-18-20-22-24-25-26-27-28-29-33-36-40-43-50-56-62-68-74-89(94)102-80-87(108-92(97)77-71-65-59-53-45-41-37-34-31-30-32-35-38-42-49-55-61-67-73-85(6)9-3)82-106-110(98,99)104-78-86(93)79-105-111(100,101)107-83-88(81-103-90(95)75-69-63-57-51-47-46-48-54-60-66-72-84(4)5)109-91(96)76-70-64-58-52-44-39-23-21-19-17-15-13-11-8-2/h84-88,93H,7-83H2,1-6H3,(H,98,99)(H,100,101)/t85?,86-,87-,88-/m1/s1. The Morgan fingerprint density at radius 2 is 0.459 bits per heavy atom. The number of rotatable bonds is 91. The van der Waals surface area contributed by atoms with Crippen molar-refractivity contribution >= 4 is 39.5 Å². The van der Waals surface area contributed by atoms with Crippen LogP contribution < -0.4 is 0 Å². The maximum atomic E-state index is 13.2. The topological polar surface area (TPSA) is 237 Å². The first-order chi connectivity index (χ1) is 53.9. The van der Waals surface area contributed by atoms with E-state index < -0.39 is 97.5 Å². The third kappa shape index (κ3) is 84.3. The predicted molar refractivity (Wildman–Crippen MR) is 460 cm³/mol. The molecule has 660 valence electrons. The fourth-order valence-electron chi connectivity index (χ4n) is 14.4. The second-order valence-corrected chi connectivity index (χ2v) is 36.7. The molecule has 0 aliphatic heterocycles. The van der Waals surface area contributed by atoms with Crippen LogP contribution in [0.2, 0.25) is 0 Å². The van der Waals surface area contributed by atoms with Gasteiger partial charge >= 0.3 is 39.5 Å². The second-order valence-electron chi connectivity index (χ2n) is 33.8. The molecule has 0 heterocycles. The molecule has 0 aromatic rings. The van der Waals surface area contributed by atoms with Gasteiger partial charge in [0.15, 0.2) is 12.2 Å². The van der Waals surface area contributed by atoms with Gasteiger partial charge in [-0.3, -0.25) is 37.3 Å². The van der Waals surface area contributed by atoms with E-state index in [4.69, 9.17) is 37.0 Å². The molecule has 19 heteroatoms. The van der Waals surface area contributed by atoms with Gasteiger partial charge in [0.2, 0.25) is 0 Å². The minimum atomic E-state index is -4.97. The zero-order valence-corrected chi connectivity index (χ0v) is 75.1. The van der Waals surface area contributed by atoms with E-state index in [0.717, 1.165) is 102 Å². The Kier molecular flexibility index (Phi) is 81.7. The van der Waals surface area contributed by atoms with Crippen LogP contribution >= 0.6 is 15.6 Å². The highest BCUT2D eigenvalue weighted by molar-refractivity contribution is 7.47. The number of hydrogen-bond acceptors (Lipinski definition) is 15. The number of aliphatic hydroxyl groups is 1. The molecule has 0 saturated heterocycles. The summed E-state index contributed by atoms with van der Waals surface area (Å²) in [5, 5.41) is 10.7. The quantitative estimate of drug-likeness (QED) is 0.0222. The number of phosphoric ester groups is 2. The summed E-state index contributed by atoms with van der Waals surface area (Å²) in [4.78, 5) is 73.4. The van der Waals surface area contributed by atoms with Crippen molar-refractivity contribution in [3.63, 3.8) is 0 Å². The van der Waals surface area contributed by atoms with E-state index >= 15 is 0 Å². The van der Waals surface area contributed by atoms with Gasteiger partial charge in [-0.2, -0.15) is 0 Å². The van der Waals surface area contributed by atoms with Crippen LogP contribution in [0.15, 0.2) is 0 Å². The Morgan fingerprint density at radius 3 is 0.685 bits per heavy atom. The monoisotopic (exact) mass is 1620 g/mol. The normalized spacial score (nSPS) is 14.0. The SMILES string of the molecule is CCCCCCCCCCCCCCCCCCCCCCCCC(=O)OC[C@H](COP(=O)(O)OC[C@@H](O)COP(=O)(O)OC[C@@H](COC(=O)CCCCCCCCCCCCC(C)C)OC(=O)CCCCCCCCCCCCCCCC)OC(=O)CCCCCCCCCCCCCCCCCCCCC(C)CC. The van der Waals surface area contributed by atoms with E-state index in [1.165, 1.54) is 315 Å². The van der Waals surface area contributed by atoms with Gasteiger partial charge in [-0.15, -0.1) is 0 Å². The average Bonchev–Trinajstić information content (AvgIpc) is 0.895. The molecule has 3 unspecified atom stereocenters. The van der Waals surface area contributed by atoms with Crippen molar-refractivity contribution in [2.45, 2.75) is 516 Å². The number of carbonyl (C=O) groups is 4. The Labute approximate surface area is 683 Å². The lowest BCUT2D eigenvalue weighted by Gasteiger charge is -2.21. The van der Waals surface area contributed by atoms with Crippen molar-refractivity contribution in [1.82, 2.24) is 0 Å². The largest absolute Gasteiger partial charge is 0.472 e. The summed E-state index contributed by atoms with van der Waals surface area (Å²) >= 11 is 0. The highest BCUT2D eigenvalue weighted by Gasteiger charge is 2.31. The molecule has 0 fully saturated rings. The van der Waals surface area contributed by atoms with Gasteiger partial charge in [0.1, 0.15) is 19.3 Å². The first-order valence-corrected chi connectivity index (χ1v) is 50.5. The number of esters is 4. The van der Waals surface area contributed by atoms with Crippen molar-refractivity contribution in [2.24, 2.45) is 11.8 Å². The predicted octanol–water partition coefficient (Wildman–Crippen LogP) is 28.6. The van der Waals surface area contributed by atoms with Gasteiger partial charge in [0.05, 0.1) is 26.4 Å². The van der Waals surface area contributed by atoms with E-state index in [1.54, 1.807) is 0 Å². The van der Waals surface area contributed by atoms with Crippen LogP contribution in [0.25, 0.3) is 0 Å². The molecular formula is C92H180O17P2. The molecular weight excluding hydrogens is 1440 g/mol. The van der Waals surface area contributed by atoms with Crippen LogP contribution in [0, 0.1) is 11.8 Å². The fraction of sp³-hybridized carbons (Fsp3) is 0.957. The number of hydrogen-bond donors (Lipinski definition) is 3. The molecule has 0 aliphatic carbocycles. The first-order valence-electron chi connectivity index (χ1n) is 47.5. The zero-order valence-electron chi connectivity index (χ0n) is 73.3. The average molecular weight is 1620 g/mol. The van der Waals surface area contributed by atoms with Crippen LogP contribution in [0.1, 0.15) is 497 Å². The number of unbranched alkanes of at least 4 members (excludes halogenated alkanes) is 60. The molecule has 0 spiro atoms. The number of phosphoric acid groups is 2. The van der Waals surface area contributed by atoms with Crippen molar-refractivity contribution in [2.75, 3.05) is 39.6 Å². The minimum absolute atomic E-state index is 0.108. The molecule has 17 nitrogen and oxygen atoms in total. The fourth-order valence-corrected chi connectivity index (χ4v) is 16.0. The summed E-state index contributed by atoms with van der Waals surface area (Å²) in [5.41, 5.74) is 0. The third-order valence-corrected chi connectivity index (χ3v) is 24.0. The summed E-state index contributed by atoms with van der Waals surface area (Å²) in [6, 6.07) is 0. The number of aliphatic hydroxyl groups excluding tert-OH is 1. The van der Waals surface area contributed by atoms with Crippen LogP contribution in [-0.4, -0.2) is 96.7 Å². The Morgan fingerprint density at radius 1 is 0.261 bits per heavy atom. The highest BCUT2D eigenvalue weighted by Crippen LogP contribution is 2.45. The van der Waals surface area contributed by atoms with E-state index in [1.807, 2.05) is 0 Å². The van der Waals surface area contributed by atoms with E-state index in [2.05, 4.69) is 41.5 Å². The van der Waals surface area contributed by atoms with Gasteiger partial charge in [0.25, 0.3) is 0 Å². The van der Waals surface area contributed by atoms with E-state index in [9.17, 15) is 43.2 Å². The van der Waals surface area contributed by atoms with Crippen LogP contribution in [-0.2, 0) is 65.4 Å². The summed E-state index contributed by atoms with van der Waals surface area (Å²) in [6.45, 7) is 9.77. The Bertz CT molecular complexity index is 2120. The smallest absolute Gasteiger partial charge is 0.462 e. The molecule has 0 amide bonds. The minimum Gasteiger partial charge on any atom is -0.462 e. The number of carbonyl (C=O) groups excluding carboxylic acids is 4. The maximum absolute atomic E-state index is 13.2. The molecule has 0 saturated carbocycles. The molecule has 0 aromatic heterocycles. The lowest BCUT2D eigenvalue weighted by Crippen LogP contribution is -2.30. The number of ether oxygens (including phenoxy) is 4. The molecule has 111 heavy (non-hydrogen) atoms. The van der Waals surface area contributed by atoms with Crippen molar-refractivity contribution < 1.29 is 80.2 Å².